The second kappa shape index (κ2) is 10.1. The number of carbonyl (C=O) groups is 2. The lowest BCUT2D eigenvalue weighted by atomic mass is 10.0. The molecular weight excluding hydrogens is 437 g/mol. The maximum atomic E-state index is 13.2. The predicted molar refractivity (Wildman–Crippen MR) is 117 cm³/mol. The van der Waals surface area contributed by atoms with E-state index in [-0.39, 0.29) is 29.7 Å². The van der Waals surface area contributed by atoms with Crippen molar-refractivity contribution in [3.63, 3.8) is 0 Å². The Labute approximate surface area is 190 Å². The number of hydrogen-bond acceptors (Lipinski definition) is 5. The van der Waals surface area contributed by atoms with E-state index in [4.69, 9.17) is 4.74 Å². The van der Waals surface area contributed by atoms with E-state index >= 15 is 0 Å². The number of halogens is 3. The molecule has 3 rings (SSSR count). The van der Waals surface area contributed by atoms with Gasteiger partial charge in [-0.25, -0.2) is 0 Å². The summed E-state index contributed by atoms with van der Waals surface area (Å²) in [7, 11) is 0. The van der Waals surface area contributed by atoms with Crippen LogP contribution in [-0.2, 0) is 14.3 Å². The molecule has 9 heteroatoms. The van der Waals surface area contributed by atoms with Crippen molar-refractivity contribution in [2.75, 3.05) is 18.5 Å². The number of rotatable bonds is 9. The van der Waals surface area contributed by atoms with Crippen LogP contribution in [0.5, 0.6) is 5.75 Å². The lowest BCUT2D eigenvalue weighted by Gasteiger charge is -2.16. The summed E-state index contributed by atoms with van der Waals surface area (Å²) in [6, 6.07) is 12.1. The van der Waals surface area contributed by atoms with Gasteiger partial charge in [0.05, 0.1) is 11.7 Å². The quantitative estimate of drug-likeness (QED) is 0.424. The molecule has 33 heavy (non-hydrogen) atoms. The van der Waals surface area contributed by atoms with Crippen molar-refractivity contribution in [1.29, 1.82) is 0 Å². The van der Waals surface area contributed by atoms with Gasteiger partial charge >= 0.3 is 6.36 Å². The SMILES string of the molecule is Cc1ccc(C2=C(Nc3ccc(OC(F)(F)F)cc3)C(=O)N(CCCOC(C)C)C2=O)cc1. The number of imide groups is 1. The minimum atomic E-state index is -4.80. The zero-order valence-corrected chi connectivity index (χ0v) is 18.5. The number of ether oxygens (including phenoxy) is 2. The number of alkyl halides is 3. The van der Waals surface area contributed by atoms with Crippen LogP contribution in [-0.4, -0.2) is 42.3 Å². The van der Waals surface area contributed by atoms with E-state index in [1.807, 2.05) is 32.9 Å². The first kappa shape index (κ1) is 24.3. The molecule has 1 aliphatic heterocycles. The van der Waals surface area contributed by atoms with Gasteiger partial charge in [0.1, 0.15) is 11.4 Å². The van der Waals surface area contributed by atoms with Crippen molar-refractivity contribution in [2.45, 2.75) is 39.7 Å². The van der Waals surface area contributed by atoms with Gasteiger partial charge in [0.2, 0.25) is 0 Å². The van der Waals surface area contributed by atoms with Crippen LogP contribution in [0.25, 0.3) is 5.57 Å². The summed E-state index contributed by atoms with van der Waals surface area (Å²) in [4.78, 5) is 27.4. The van der Waals surface area contributed by atoms with Gasteiger partial charge in [-0.3, -0.25) is 14.5 Å². The van der Waals surface area contributed by atoms with Gasteiger partial charge in [-0.05, 0) is 57.0 Å². The summed E-state index contributed by atoms with van der Waals surface area (Å²) in [5.74, 6) is -1.33. The standard InChI is InChI=1S/C24H25F3N2O4/c1-15(2)32-14-4-13-29-22(30)20(17-7-5-16(3)6-8-17)21(23(29)31)28-18-9-11-19(12-10-18)33-24(25,26)27/h5-12,15,28H,4,13-14H2,1-3H3. The topological polar surface area (TPSA) is 67.9 Å². The van der Waals surface area contributed by atoms with Gasteiger partial charge in [0.15, 0.2) is 0 Å². The van der Waals surface area contributed by atoms with Crippen LogP contribution in [0.4, 0.5) is 18.9 Å². The first-order valence-electron chi connectivity index (χ1n) is 10.5. The summed E-state index contributed by atoms with van der Waals surface area (Å²) >= 11 is 0. The minimum absolute atomic E-state index is 0.0396. The van der Waals surface area contributed by atoms with Crippen molar-refractivity contribution in [2.24, 2.45) is 0 Å². The Bertz CT molecular complexity index is 1030. The summed E-state index contributed by atoms with van der Waals surface area (Å²) < 4.78 is 46.6. The van der Waals surface area contributed by atoms with Crippen molar-refractivity contribution in [3.05, 3.63) is 65.4 Å². The zero-order chi connectivity index (χ0) is 24.2. The molecule has 1 heterocycles. The maximum absolute atomic E-state index is 13.2. The average Bonchev–Trinajstić information content (AvgIpc) is 2.96. The molecule has 0 radical (unpaired) electrons. The summed E-state index contributed by atoms with van der Waals surface area (Å²) in [6.45, 7) is 6.29. The number of anilines is 1. The van der Waals surface area contributed by atoms with Crippen molar-refractivity contribution in [3.8, 4) is 5.75 Å². The van der Waals surface area contributed by atoms with E-state index in [0.29, 0.717) is 24.3 Å². The summed E-state index contributed by atoms with van der Waals surface area (Å²) in [5, 5.41) is 2.91. The van der Waals surface area contributed by atoms with Crippen LogP contribution >= 0.6 is 0 Å². The molecule has 0 aliphatic carbocycles. The second-order valence-corrected chi connectivity index (χ2v) is 7.85. The van der Waals surface area contributed by atoms with Crippen LogP contribution in [0.1, 0.15) is 31.4 Å². The molecule has 6 nitrogen and oxygen atoms in total. The minimum Gasteiger partial charge on any atom is -0.406 e. The molecule has 2 aromatic rings. The van der Waals surface area contributed by atoms with Crippen LogP contribution in [0.2, 0.25) is 0 Å². The van der Waals surface area contributed by atoms with E-state index in [1.54, 1.807) is 12.1 Å². The van der Waals surface area contributed by atoms with E-state index in [9.17, 15) is 22.8 Å². The summed E-state index contributed by atoms with van der Waals surface area (Å²) in [6.07, 6.45) is -4.28. The van der Waals surface area contributed by atoms with E-state index < -0.39 is 18.2 Å². The van der Waals surface area contributed by atoms with E-state index in [1.165, 1.54) is 12.1 Å². The molecule has 2 amide bonds. The van der Waals surface area contributed by atoms with Crippen molar-refractivity contribution in [1.82, 2.24) is 4.90 Å². The molecule has 0 saturated heterocycles. The molecule has 1 aliphatic rings. The fourth-order valence-electron chi connectivity index (χ4n) is 3.31. The predicted octanol–water partition coefficient (Wildman–Crippen LogP) is 4.90. The number of benzene rings is 2. The van der Waals surface area contributed by atoms with Gasteiger partial charge in [-0.2, -0.15) is 0 Å². The molecule has 0 spiro atoms. The number of aryl methyl sites for hydroxylation is 1. The fraction of sp³-hybridized carbons (Fsp3) is 0.333. The van der Waals surface area contributed by atoms with Gasteiger partial charge in [-0.15, -0.1) is 13.2 Å². The molecule has 0 bridgehead atoms. The number of nitrogens with one attached hydrogen (secondary N) is 1. The van der Waals surface area contributed by atoms with Crippen LogP contribution in [0, 0.1) is 6.92 Å². The highest BCUT2D eigenvalue weighted by atomic mass is 19.4. The average molecular weight is 462 g/mol. The number of amides is 2. The molecular formula is C24H25F3N2O4. The van der Waals surface area contributed by atoms with Crippen LogP contribution < -0.4 is 10.1 Å². The largest absolute Gasteiger partial charge is 0.573 e. The Hall–Kier alpha value is -3.33. The van der Waals surface area contributed by atoms with E-state index in [0.717, 1.165) is 22.6 Å². The van der Waals surface area contributed by atoms with Gasteiger partial charge in [-0.1, -0.05) is 29.8 Å². The van der Waals surface area contributed by atoms with Crippen molar-refractivity contribution < 1.29 is 32.2 Å². The van der Waals surface area contributed by atoms with Crippen LogP contribution in [0.3, 0.4) is 0 Å². The third-order valence-corrected chi connectivity index (χ3v) is 4.84. The normalized spacial score (nSPS) is 14.5. The molecule has 0 saturated carbocycles. The molecule has 2 aromatic carbocycles. The van der Waals surface area contributed by atoms with Gasteiger partial charge < -0.3 is 14.8 Å². The Balaban J connectivity index is 1.86. The van der Waals surface area contributed by atoms with Gasteiger partial charge in [0, 0.05) is 18.8 Å². The molecule has 0 fully saturated rings. The Morgan fingerprint density at radius 3 is 2.18 bits per heavy atom. The number of nitrogens with zero attached hydrogens (tertiary/aromatic N) is 1. The smallest absolute Gasteiger partial charge is 0.406 e. The highest BCUT2D eigenvalue weighted by Gasteiger charge is 2.39. The number of carbonyl (C=O) groups excluding carboxylic acids is 2. The first-order chi connectivity index (χ1) is 15.5. The summed E-state index contributed by atoms with van der Waals surface area (Å²) in [5.41, 5.74) is 2.18. The van der Waals surface area contributed by atoms with Crippen molar-refractivity contribution >= 4 is 23.1 Å². The third kappa shape index (κ3) is 6.35. The fourth-order valence-corrected chi connectivity index (χ4v) is 3.31. The lowest BCUT2D eigenvalue weighted by molar-refractivity contribution is -0.274. The molecule has 176 valence electrons. The highest BCUT2D eigenvalue weighted by Crippen LogP contribution is 2.31. The monoisotopic (exact) mass is 462 g/mol. The van der Waals surface area contributed by atoms with Crippen LogP contribution in [0.15, 0.2) is 54.2 Å². The second-order valence-electron chi connectivity index (χ2n) is 7.85. The Kier molecular flexibility index (Phi) is 7.43. The molecule has 0 aromatic heterocycles. The lowest BCUT2D eigenvalue weighted by Crippen LogP contribution is -2.34. The third-order valence-electron chi connectivity index (χ3n) is 4.84. The first-order valence-corrected chi connectivity index (χ1v) is 10.5. The highest BCUT2D eigenvalue weighted by molar-refractivity contribution is 6.36. The Morgan fingerprint density at radius 2 is 1.61 bits per heavy atom. The molecule has 0 atom stereocenters. The molecule has 0 unspecified atom stereocenters. The number of hydrogen-bond donors (Lipinski definition) is 1. The zero-order valence-electron chi connectivity index (χ0n) is 18.5. The molecule has 1 N–H and O–H groups in total. The van der Waals surface area contributed by atoms with Gasteiger partial charge in [0.25, 0.3) is 11.8 Å². The maximum Gasteiger partial charge on any atom is 0.573 e. The van der Waals surface area contributed by atoms with E-state index in [2.05, 4.69) is 10.1 Å². The Morgan fingerprint density at radius 1 is 0.970 bits per heavy atom.